The molecule has 0 unspecified atom stereocenters. The lowest BCUT2D eigenvalue weighted by atomic mass is 10.00. The largest absolute Gasteiger partial charge is 0.442 e. The van der Waals surface area contributed by atoms with Crippen LogP contribution in [0.4, 0.5) is 0 Å². The average Bonchev–Trinajstić information content (AvgIpc) is 2.76. The van der Waals surface area contributed by atoms with Gasteiger partial charge in [0.1, 0.15) is 0 Å². The van der Waals surface area contributed by atoms with E-state index in [0.717, 1.165) is 5.56 Å². The number of benzene rings is 1. The van der Waals surface area contributed by atoms with Crippen LogP contribution >= 0.6 is 11.6 Å². The Morgan fingerprint density at radius 2 is 1.83 bits per heavy atom. The molecule has 0 N–H and O–H groups in total. The number of carbonyl (C=O) groups is 1. The molecule has 1 aromatic heterocycles. The van der Waals surface area contributed by atoms with Crippen LogP contribution in [0.1, 0.15) is 41.4 Å². The zero-order valence-corrected chi connectivity index (χ0v) is 11.2. The Morgan fingerprint density at radius 3 is 2.33 bits per heavy atom. The number of halogens is 1. The Kier molecular flexibility index (Phi) is 3.87. The summed E-state index contributed by atoms with van der Waals surface area (Å²) in [6.45, 7) is 4.29. The minimum atomic E-state index is -0.0563. The predicted molar refractivity (Wildman–Crippen MR) is 72.3 cm³/mol. The first kappa shape index (κ1) is 12.9. The van der Waals surface area contributed by atoms with Crippen LogP contribution in [0.2, 0.25) is 5.22 Å². The number of furan rings is 1. The minimum Gasteiger partial charge on any atom is -0.442 e. The van der Waals surface area contributed by atoms with Gasteiger partial charge >= 0.3 is 0 Å². The van der Waals surface area contributed by atoms with E-state index in [4.69, 9.17) is 16.0 Å². The molecule has 0 amide bonds. The van der Waals surface area contributed by atoms with Crippen LogP contribution in [0.15, 0.2) is 40.8 Å². The summed E-state index contributed by atoms with van der Waals surface area (Å²) in [6, 6.07) is 11.3. The van der Waals surface area contributed by atoms with Gasteiger partial charge < -0.3 is 4.42 Å². The smallest absolute Gasteiger partial charge is 0.202 e. The van der Waals surface area contributed by atoms with Gasteiger partial charge in [-0.1, -0.05) is 38.1 Å². The molecule has 94 valence electrons. The van der Waals surface area contributed by atoms with Gasteiger partial charge in [0.25, 0.3) is 0 Å². The summed E-state index contributed by atoms with van der Waals surface area (Å²) < 4.78 is 5.10. The highest BCUT2D eigenvalue weighted by molar-refractivity contribution is 6.29. The molecule has 0 aliphatic rings. The maximum atomic E-state index is 11.9. The number of hydrogen-bond acceptors (Lipinski definition) is 2. The minimum absolute atomic E-state index is 0.0563. The molecule has 1 aromatic carbocycles. The molecule has 1 heterocycles. The van der Waals surface area contributed by atoms with E-state index in [9.17, 15) is 4.79 Å². The van der Waals surface area contributed by atoms with Crippen LogP contribution < -0.4 is 0 Å². The van der Waals surface area contributed by atoms with Gasteiger partial charge in [-0.25, -0.2) is 0 Å². The summed E-state index contributed by atoms with van der Waals surface area (Å²) in [5.74, 6) is 0.755. The molecule has 0 saturated carbocycles. The molecule has 2 rings (SSSR count). The first-order valence-corrected chi connectivity index (χ1v) is 6.31. The molecule has 0 saturated heterocycles. The van der Waals surface area contributed by atoms with E-state index < -0.39 is 0 Å². The summed E-state index contributed by atoms with van der Waals surface area (Å²) in [4.78, 5) is 11.9. The van der Waals surface area contributed by atoms with Crippen molar-refractivity contribution in [2.45, 2.75) is 26.2 Å². The Hall–Kier alpha value is -1.54. The van der Waals surface area contributed by atoms with Gasteiger partial charge in [0.15, 0.2) is 11.0 Å². The standard InChI is InChI=1S/C15H15ClO2/c1-10(2)12-5-3-11(4-6-12)9-13(17)14-7-8-15(16)18-14/h3-8,10H,9H2,1-2H3. The van der Waals surface area contributed by atoms with Gasteiger partial charge in [-0.05, 0) is 40.8 Å². The second-order valence-corrected chi connectivity index (χ2v) is 4.97. The van der Waals surface area contributed by atoms with E-state index in [1.54, 1.807) is 12.1 Å². The lowest BCUT2D eigenvalue weighted by Gasteiger charge is -2.06. The van der Waals surface area contributed by atoms with Gasteiger partial charge in [-0.15, -0.1) is 0 Å². The van der Waals surface area contributed by atoms with Crippen molar-refractivity contribution < 1.29 is 9.21 Å². The molecule has 0 fully saturated rings. The number of rotatable bonds is 4. The van der Waals surface area contributed by atoms with Crippen LogP contribution in [0.25, 0.3) is 0 Å². The Balaban J connectivity index is 2.07. The molecule has 0 aliphatic carbocycles. The van der Waals surface area contributed by atoms with Gasteiger partial charge in [0, 0.05) is 6.42 Å². The molecule has 2 aromatic rings. The number of hydrogen-bond donors (Lipinski definition) is 0. The highest BCUT2D eigenvalue weighted by atomic mass is 35.5. The third-order valence-electron chi connectivity index (χ3n) is 2.86. The van der Waals surface area contributed by atoms with Crippen molar-refractivity contribution in [3.8, 4) is 0 Å². The molecule has 0 spiro atoms. The summed E-state index contributed by atoms with van der Waals surface area (Å²) >= 11 is 5.64. The SMILES string of the molecule is CC(C)c1ccc(CC(=O)c2ccc(Cl)o2)cc1. The average molecular weight is 263 g/mol. The summed E-state index contributed by atoms with van der Waals surface area (Å²) in [6.07, 6.45) is 0.336. The van der Waals surface area contributed by atoms with Crippen LogP contribution in [-0.2, 0) is 6.42 Å². The summed E-state index contributed by atoms with van der Waals surface area (Å²) in [5, 5.41) is 0.244. The molecule has 0 radical (unpaired) electrons. The molecular formula is C15H15ClO2. The monoisotopic (exact) mass is 262 g/mol. The molecular weight excluding hydrogens is 248 g/mol. The topological polar surface area (TPSA) is 30.2 Å². The maximum Gasteiger partial charge on any atom is 0.202 e. The van der Waals surface area contributed by atoms with E-state index in [1.807, 2.05) is 12.1 Å². The normalized spacial score (nSPS) is 10.9. The Labute approximate surface area is 112 Å². The van der Waals surface area contributed by atoms with E-state index in [0.29, 0.717) is 18.1 Å². The highest BCUT2D eigenvalue weighted by Crippen LogP contribution is 2.18. The van der Waals surface area contributed by atoms with Crippen LogP contribution in [0, 0.1) is 0 Å². The zero-order chi connectivity index (χ0) is 13.1. The second kappa shape index (κ2) is 5.40. The van der Waals surface area contributed by atoms with Crippen molar-refractivity contribution in [1.29, 1.82) is 0 Å². The van der Waals surface area contributed by atoms with Crippen LogP contribution in [0.5, 0.6) is 0 Å². The first-order valence-electron chi connectivity index (χ1n) is 5.93. The molecule has 0 bridgehead atoms. The van der Waals surface area contributed by atoms with Crippen LogP contribution in [-0.4, -0.2) is 5.78 Å². The Bertz CT molecular complexity index is 538. The van der Waals surface area contributed by atoms with Gasteiger partial charge in [0.05, 0.1) is 0 Å². The highest BCUT2D eigenvalue weighted by Gasteiger charge is 2.11. The number of ketones is 1. The van der Waals surface area contributed by atoms with Crippen molar-refractivity contribution in [2.75, 3.05) is 0 Å². The summed E-state index contributed by atoms with van der Waals surface area (Å²) in [7, 11) is 0. The number of Topliss-reactive ketones (excluding diaryl/α,β-unsaturated/α-hetero) is 1. The van der Waals surface area contributed by atoms with E-state index in [2.05, 4.69) is 26.0 Å². The fourth-order valence-electron chi connectivity index (χ4n) is 1.76. The predicted octanol–water partition coefficient (Wildman–Crippen LogP) is 4.48. The van der Waals surface area contributed by atoms with Gasteiger partial charge in [0.2, 0.25) is 5.78 Å². The summed E-state index contributed by atoms with van der Waals surface area (Å²) in [5.41, 5.74) is 2.25. The fourth-order valence-corrected chi connectivity index (χ4v) is 1.90. The van der Waals surface area contributed by atoms with Crippen LogP contribution in [0.3, 0.4) is 0 Å². The van der Waals surface area contributed by atoms with E-state index >= 15 is 0 Å². The van der Waals surface area contributed by atoms with Crippen molar-refractivity contribution in [3.05, 3.63) is 58.5 Å². The number of carbonyl (C=O) groups excluding carboxylic acids is 1. The molecule has 2 nitrogen and oxygen atoms in total. The quantitative estimate of drug-likeness (QED) is 0.761. The lowest BCUT2D eigenvalue weighted by Crippen LogP contribution is -2.02. The molecule has 0 aliphatic heterocycles. The molecule has 3 heteroatoms. The Morgan fingerprint density at radius 1 is 1.17 bits per heavy atom. The second-order valence-electron chi connectivity index (χ2n) is 4.60. The van der Waals surface area contributed by atoms with E-state index in [-0.39, 0.29) is 11.0 Å². The lowest BCUT2D eigenvalue weighted by molar-refractivity contribution is 0.0966. The maximum absolute atomic E-state index is 11.9. The van der Waals surface area contributed by atoms with Crippen molar-refractivity contribution >= 4 is 17.4 Å². The van der Waals surface area contributed by atoms with Gasteiger partial charge in [-0.3, -0.25) is 4.79 Å². The third kappa shape index (κ3) is 3.02. The van der Waals surface area contributed by atoms with Crippen molar-refractivity contribution in [1.82, 2.24) is 0 Å². The zero-order valence-electron chi connectivity index (χ0n) is 10.4. The van der Waals surface area contributed by atoms with Crippen molar-refractivity contribution in [2.24, 2.45) is 0 Å². The van der Waals surface area contributed by atoms with E-state index in [1.165, 1.54) is 5.56 Å². The first-order chi connectivity index (χ1) is 8.56. The molecule has 18 heavy (non-hydrogen) atoms. The fraction of sp³-hybridized carbons (Fsp3) is 0.267. The van der Waals surface area contributed by atoms with Gasteiger partial charge in [-0.2, -0.15) is 0 Å². The van der Waals surface area contributed by atoms with Crippen molar-refractivity contribution in [3.63, 3.8) is 0 Å². The molecule has 0 atom stereocenters. The third-order valence-corrected chi connectivity index (χ3v) is 3.06.